The molecule has 0 spiro atoms. The molecule has 0 aliphatic carbocycles. The summed E-state index contributed by atoms with van der Waals surface area (Å²) in [6.07, 6.45) is 0.456. The average molecular weight is 255 g/mol. The Morgan fingerprint density at radius 3 is 2.93 bits per heavy atom. The highest BCUT2D eigenvalue weighted by molar-refractivity contribution is 9.10. The quantitative estimate of drug-likeness (QED) is 0.712. The second-order valence-electron chi connectivity index (χ2n) is 3.68. The number of hydrogen-bond acceptors (Lipinski definition) is 2. The molecular weight excluding hydrogens is 244 g/mol. The summed E-state index contributed by atoms with van der Waals surface area (Å²) in [6.45, 7) is 3.88. The Balaban J connectivity index is 2.59. The number of halogens is 1. The molecule has 1 aromatic carbocycles. The van der Waals surface area contributed by atoms with Gasteiger partial charge in [-0.05, 0) is 47.5 Å². The molecule has 0 saturated heterocycles. The van der Waals surface area contributed by atoms with Gasteiger partial charge in [0.1, 0.15) is 11.9 Å². The van der Waals surface area contributed by atoms with Crippen molar-refractivity contribution in [2.45, 2.75) is 26.4 Å². The lowest BCUT2D eigenvalue weighted by Crippen LogP contribution is -2.24. The Bertz CT molecular complexity index is 399. The Morgan fingerprint density at radius 1 is 1.50 bits per heavy atom. The van der Waals surface area contributed by atoms with E-state index >= 15 is 0 Å². The lowest BCUT2D eigenvalue weighted by Gasteiger charge is -2.23. The van der Waals surface area contributed by atoms with Crippen LogP contribution in [-0.2, 0) is 0 Å². The van der Waals surface area contributed by atoms with E-state index in [0.717, 1.165) is 10.0 Å². The molecule has 1 atom stereocenters. The summed E-state index contributed by atoms with van der Waals surface area (Å²) in [5.74, 6) is 0.863. The van der Waals surface area contributed by atoms with Gasteiger partial charge in [0.05, 0.1) is 10.0 Å². The van der Waals surface area contributed by atoms with Crippen molar-refractivity contribution < 1.29 is 9.53 Å². The zero-order valence-electron chi connectivity index (χ0n) is 8.13. The Kier molecular flexibility index (Phi) is 2.35. The standard InChI is InChI=1S/C11H11BrO2/c1-6-3-8-10(13)5-7(2)14-11(8)9(12)4-6/h3-4,7H,5H2,1-2H3. The molecule has 2 nitrogen and oxygen atoms in total. The van der Waals surface area contributed by atoms with E-state index in [4.69, 9.17) is 4.74 Å². The zero-order valence-corrected chi connectivity index (χ0v) is 9.72. The van der Waals surface area contributed by atoms with Crippen LogP contribution in [0.1, 0.15) is 29.3 Å². The second-order valence-corrected chi connectivity index (χ2v) is 4.53. The molecule has 0 radical (unpaired) electrons. The van der Waals surface area contributed by atoms with Gasteiger partial charge in [0.2, 0.25) is 0 Å². The smallest absolute Gasteiger partial charge is 0.170 e. The minimum atomic E-state index is -0.0194. The van der Waals surface area contributed by atoms with E-state index in [-0.39, 0.29) is 11.9 Å². The first kappa shape index (κ1) is 9.71. The van der Waals surface area contributed by atoms with Crippen LogP contribution >= 0.6 is 15.9 Å². The molecule has 0 saturated carbocycles. The third-order valence-electron chi connectivity index (χ3n) is 2.28. The molecule has 14 heavy (non-hydrogen) atoms. The third kappa shape index (κ3) is 1.57. The van der Waals surface area contributed by atoms with Gasteiger partial charge in [-0.3, -0.25) is 4.79 Å². The molecule has 3 heteroatoms. The summed E-state index contributed by atoms with van der Waals surface area (Å²) in [7, 11) is 0. The first-order chi connectivity index (χ1) is 6.58. The van der Waals surface area contributed by atoms with Gasteiger partial charge < -0.3 is 4.74 Å². The maximum Gasteiger partial charge on any atom is 0.170 e. The van der Waals surface area contributed by atoms with Gasteiger partial charge in [-0.25, -0.2) is 0 Å². The van der Waals surface area contributed by atoms with Crippen molar-refractivity contribution in [2.24, 2.45) is 0 Å². The number of hydrogen-bond donors (Lipinski definition) is 0. The number of benzene rings is 1. The van der Waals surface area contributed by atoms with Gasteiger partial charge in [0, 0.05) is 6.42 Å². The van der Waals surface area contributed by atoms with E-state index in [0.29, 0.717) is 17.7 Å². The predicted octanol–water partition coefficient (Wildman–Crippen LogP) is 3.11. The minimum absolute atomic E-state index is 0.0194. The summed E-state index contributed by atoms with van der Waals surface area (Å²) in [6, 6.07) is 3.85. The van der Waals surface area contributed by atoms with Gasteiger partial charge >= 0.3 is 0 Å². The zero-order chi connectivity index (χ0) is 10.3. The van der Waals surface area contributed by atoms with Crippen LogP contribution in [-0.4, -0.2) is 11.9 Å². The first-order valence-corrected chi connectivity index (χ1v) is 5.37. The van der Waals surface area contributed by atoms with Crippen LogP contribution in [0.3, 0.4) is 0 Å². The van der Waals surface area contributed by atoms with Crippen molar-refractivity contribution in [1.82, 2.24) is 0 Å². The highest BCUT2D eigenvalue weighted by Gasteiger charge is 2.25. The van der Waals surface area contributed by atoms with Crippen molar-refractivity contribution in [3.63, 3.8) is 0 Å². The molecule has 1 aromatic rings. The monoisotopic (exact) mass is 254 g/mol. The van der Waals surface area contributed by atoms with E-state index < -0.39 is 0 Å². The van der Waals surface area contributed by atoms with Gasteiger partial charge in [0.15, 0.2) is 5.78 Å². The molecule has 0 amide bonds. The molecule has 1 aliphatic heterocycles. The number of ether oxygens (including phenoxy) is 1. The molecule has 2 rings (SSSR count). The number of Topliss-reactive ketones (excluding diaryl/α,β-unsaturated/α-hetero) is 1. The maximum absolute atomic E-state index is 11.7. The lowest BCUT2D eigenvalue weighted by atomic mass is 10.00. The van der Waals surface area contributed by atoms with E-state index in [9.17, 15) is 4.79 Å². The number of fused-ring (bicyclic) bond motifs is 1. The van der Waals surface area contributed by atoms with Crippen LogP contribution in [0.25, 0.3) is 0 Å². The van der Waals surface area contributed by atoms with Gasteiger partial charge in [0.25, 0.3) is 0 Å². The fourth-order valence-electron chi connectivity index (χ4n) is 1.67. The summed E-state index contributed by atoms with van der Waals surface area (Å²) >= 11 is 3.41. The summed E-state index contributed by atoms with van der Waals surface area (Å²) in [5.41, 5.74) is 1.78. The highest BCUT2D eigenvalue weighted by Crippen LogP contribution is 2.35. The van der Waals surface area contributed by atoms with Crippen LogP contribution in [0.15, 0.2) is 16.6 Å². The minimum Gasteiger partial charge on any atom is -0.488 e. The van der Waals surface area contributed by atoms with Crippen molar-refractivity contribution in [2.75, 3.05) is 0 Å². The maximum atomic E-state index is 11.7. The van der Waals surface area contributed by atoms with Gasteiger partial charge in [-0.15, -0.1) is 0 Å². The molecule has 1 aliphatic rings. The number of ketones is 1. The SMILES string of the molecule is Cc1cc(Br)c2c(c1)C(=O)CC(C)O2. The second kappa shape index (κ2) is 3.39. The normalized spacial score (nSPS) is 20.2. The lowest BCUT2D eigenvalue weighted by molar-refractivity contribution is 0.0869. The van der Waals surface area contributed by atoms with Crippen molar-refractivity contribution in [3.8, 4) is 5.75 Å². The number of carbonyl (C=O) groups excluding carboxylic acids is 1. The average Bonchev–Trinajstić information content (AvgIpc) is 2.07. The van der Waals surface area contributed by atoms with E-state index in [1.54, 1.807) is 0 Å². The van der Waals surface area contributed by atoms with Crippen LogP contribution in [0.5, 0.6) is 5.75 Å². The molecule has 0 aromatic heterocycles. The Hall–Kier alpha value is -0.830. The summed E-state index contributed by atoms with van der Waals surface area (Å²) in [4.78, 5) is 11.7. The van der Waals surface area contributed by atoms with Gasteiger partial charge in [-0.1, -0.05) is 0 Å². The number of carbonyl (C=O) groups is 1. The largest absolute Gasteiger partial charge is 0.488 e. The van der Waals surface area contributed by atoms with Crippen molar-refractivity contribution in [1.29, 1.82) is 0 Å². The fourth-order valence-corrected chi connectivity index (χ4v) is 2.34. The van der Waals surface area contributed by atoms with Gasteiger partial charge in [-0.2, -0.15) is 0 Å². The van der Waals surface area contributed by atoms with Crippen molar-refractivity contribution in [3.05, 3.63) is 27.7 Å². The molecule has 74 valence electrons. The molecular formula is C11H11BrO2. The van der Waals surface area contributed by atoms with Crippen LogP contribution in [0.4, 0.5) is 0 Å². The first-order valence-electron chi connectivity index (χ1n) is 4.58. The molecule has 0 bridgehead atoms. The van der Waals surface area contributed by atoms with Crippen LogP contribution in [0, 0.1) is 6.92 Å². The topological polar surface area (TPSA) is 26.3 Å². The number of aryl methyl sites for hydroxylation is 1. The van der Waals surface area contributed by atoms with E-state index in [1.165, 1.54) is 0 Å². The van der Waals surface area contributed by atoms with Crippen LogP contribution in [0.2, 0.25) is 0 Å². The molecule has 0 N–H and O–H groups in total. The third-order valence-corrected chi connectivity index (χ3v) is 2.87. The summed E-state index contributed by atoms with van der Waals surface area (Å²) < 4.78 is 6.49. The molecule has 0 fully saturated rings. The van der Waals surface area contributed by atoms with E-state index in [2.05, 4.69) is 15.9 Å². The van der Waals surface area contributed by atoms with Crippen molar-refractivity contribution >= 4 is 21.7 Å². The highest BCUT2D eigenvalue weighted by atomic mass is 79.9. The number of rotatable bonds is 0. The van der Waals surface area contributed by atoms with Crippen LogP contribution < -0.4 is 4.74 Å². The van der Waals surface area contributed by atoms with E-state index in [1.807, 2.05) is 26.0 Å². The fraction of sp³-hybridized carbons (Fsp3) is 0.364. The Morgan fingerprint density at radius 2 is 2.21 bits per heavy atom. The predicted molar refractivity (Wildman–Crippen MR) is 57.9 cm³/mol. The molecule has 1 heterocycles. The summed E-state index contributed by atoms with van der Waals surface area (Å²) in [5, 5.41) is 0. The molecule has 1 unspecified atom stereocenters. The Labute approximate surface area is 91.4 Å².